The predicted octanol–water partition coefficient (Wildman–Crippen LogP) is 1.18. The summed E-state index contributed by atoms with van der Waals surface area (Å²) in [6, 6.07) is 0.0173. The van der Waals surface area contributed by atoms with Crippen molar-refractivity contribution in [2.75, 3.05) is 30.3 Å². The summed E-state index contributed by atoms with van der Waals surface area (Å²) in [5.74, 6) is 1.10. The van der Waals surface area contributed by atoms with Crippen LogP contribution in [0, 0.1) is 0 Å². The molecular weight excluding hydrogens is 434 g/mol. The third kappa shape index (κ3) is 4.71. The van der Waals surface area contributed by atoms with Crippen LogP contribution in [0.4, 0.5) is 17.5 Å². The van der Waals surface area contributed by atoms with Crippen LogP contribution in [0.3, 0.4) is 0 Å². The number of hydrogen-bond donors (Lipinski definition) is 4. The third-order valence-electron chi connectivity index (χ3n) is 5.92. The van der Waals surface area contributed by atoms with Gasteiger partial charge in [-0.15, -0.1) is 0 Å². The molecule has 0 spiro atoms. The van der Waals surface area contributed by atoms with Gasteiger partial charge in [-0.2, -0.15) is 15.2 Å². The van der Waals surface area contributed by atoms with Gasteiger partial charge in [0.2, 0.25) is 11.9 Å². The number of fused-ring (bicyclic) bond motifs is 1. The fraction of sp³-hybridized carbons (Fsp3) is 0.409. The molecule has 0 saturated carbocycles. The van der Waals surface area contributed by atoms with Gasteiger partial charge in [-0.25, -0.2) is 9.67 Å². The summed E-state index contributed by atoms with van der Waals surface area (Å²) >= 11 is 0. The van der Waals surface area contributed by atoms with E-state index in [1.807, 2.05) is 39.5 Å². The Balaban J connectivity index is 1.31. The number of aryl methyl sites for hydroxylation is 2. The van der Waals surface area contributed by atoms with Gasteiger partial charge in [0, 0.05) is 38.4 Å². The van der Waals surface area contributed by atoms with Gasteiger partial charge in [-0.3, -0.25) is 14.4 Å². The van der Waals surface area contributed by atoms with E-state index in [-0.39, 0.29) is 11.9 Å². The summed E-state index contributed by atoms with van der Waals surface area (Å²) in [6.07, 6.45) is 11.4. The van der Waals surface area contributed by atoms with Crippen LogP contribution in [-0.4, -0.2) is 66.0 Å². The molecule has 0 aromatic carbocycles. The second kappa shape index (κ2) is 9.14. The molecule has 1 atom stereocenters. The molecule has 0 radical (unpaired) electrons. The van der Waals surface area contributed by atoms with Crippen molar-refractivity contribution in [3.05, 3.63) is 42.3 Å². The summed E-state index contributed by atoms with van der Waals surface area (Å²) in [6.45, 7) is 4.42. The van der Waals surface area contributed by atoms with E-state index in [1.54, 1.807) is 21.8 Å². The molecule has 1 saturated heterocycles. The van der Waals surface area contributed by atoms with Crippen molar-refractivity contribution in [3.8, 4) is 0 Å². The zero-order chi connectivity index (χ0) is 23.7. The molecule has 34 heavy (non-hydrogen) atoms. The summed E-state index contributed by atoms with van der Waals surface area (Å²) in [4.78, 5) is 23.7. The van der Waals surface area contributed by atoms with E-state index in [2.05, 4.69) is 46.3 Å². The average Bonchev–Trinajstić information content (AvgIpc) is 3.53. The number of allylic oxidation sites excluding steroid dienone is 1. The Hall–Kier alpha value is -3.93. The molecule has 12 heteroatoms. The highest BCUT2D eigenvalue weighted by atomic mass is 16.2. The van der Waals surface area contributed by atoms with Crippen LogP contribution in [0.25, 0.3) is 11.0 Å². The van der Waals surface area contributed by atoms with Gasteiger partial charge in [-0.05, 0) is 38.9 Å². The van der Waals surface area contributed by atoms with Gasteiger partial charge < -0.3 is 21.3 Å². The van der Waals surface area contributed by atoms with E-state index in [4.69, 9.17) is 0 Å². The first-order chi connectivity index (χ1) is 16.4. The van der Waals surface area contributed by atoms with Crippen molar-refractivity contribution >= 4 is 34.4 Å². The largest absolute Gasteiger partial charge is 0.381 e. The first-order valence-electron chi connectivity index (χ1n) is 11.4. The first-order valence-corrected chi connectivity index (χ1v) is 11.4. The fourth-order valence-corrected chi connectivity index (χ4v) is 4.14. The predicted molar refractivity (Wildman–Crippen MR) is 129 cm³/mol. The minimum absolute atomic E-state index is 0.00886. The van der Waals surface area contributed by atoms with Crippen LogP contribution in [0.5, 0.6) is 0 Å². The Kier molecular flexibility index (Phi) is 5.88. The Morgan fingerprint density at radius 3 is 2.79 bits per heavy atom. The summed E-state index contributed by atoms with van der Waals surface area (Å²) in [7, 11) is 3.69. The van der Waals surface area contributed by atoms with Gasteiger partial charge in [-0.1, -0.05) is 0 Å². The standard InChI is InChI=1S/C22H29N11O/c1-14-18(8-15(9-23-14)26-19(34)13-33-6-4-5-7-33)28-20-17-11-24-22(29-21(17)32(3)30-20)27-16-10-25-31(2)12-16/h8-12,14,23H,4-7,13H2,1-3H3,(H,26,34)(H,28,30)(H,24,27,29). The van der Waals surface area contributed by atoms with Crippen LogP contribution in [-0.2, 0) is 18.9 Å². The lowest BCUT2D eigenvalue weighted by Crippen LogP contribution is -2.38. The number of carbonyl (C=O) groups excluding carboxylic acids is 1. The summed E-state index contributed by atoms with van der Waals surface area (Å²) < 4.78 is 3.42. The number of nitrogens with zero attached hydrogens (tertiary/aromatic N) is 7. The molecule has 4 N–H and O–H groups in total. The molecule has 1 unspecified atom stereocenters. The number of rotatable bonds is 7. The lowest BCUT2D eigenvalue weighted by Gasteiger charge is -2.23. The van der Waals surface area contributed by atoms with Gasteiger partial charge in [0.25, 0.3) is 0 Å². The fourth-order valence-electron chi connectivity index (χ4n) is 4.14. The Bertz CT molecular complexity index is 1270. The van der Waals surface area contributed by atoms with E-state index in [1.165, 1.54) is 0 Å². The summed E-state index contributed by atoms with van der Waals surface area (Å²) in [5, 5.41) is 22.4. The van der Waals surface area contributed by atoms with Crippen LogP contribution < -0.4 is 21.3 Å². The molecular formula is C22H29N11O. The molecule has 3 aromatic rings. The third-order valence-corrected chi connectivity index (χ3v) is 5.92. The Labute approximate surface area is 197 Å². The number of amides is 1. The SMILES string of the molecule is CC1NC=C(NC(=O)CN2CCCC2)C=C1Nc1nn(C)c2nc(Nc3cnn(C)c3)ncc12. The summed E-state index contributed by atoms with van der Waals surface area (Å²) in [5.41, 5.74) is 3.09. The molecule has 178 valence electrons. The zero-order valence-electron chi connectivity index (χ0n) is 19.5. The Morgan fingerprint density at radius 2 is 2.03 bits per heavy atom. The van der Waals surface area contributed by atoms with Gasteiger partial charge in [0.05, 0.1) is 35.6 Å². The van der Waals surface area contributed by atoms with E-state index in [0.29, 0.717) is 29.7 Å². The number of dihydropyridines is 1. The van der Waals surface area contributed by atoms with Crippen molar-refractivity contribution in [2.45, 2.75) is 25.8 Å². The Morgan fingerprint density at radius 1 is 1.21 bits per heavy atom. The second-order valence-corrected chi connectivity index (χ2v) is 8.67. The smallest absolute Gasteiger partial charge is 0.238 e. The molecule has 5 heterocycles. The highest BCUT2D eigenvalue weighted by molar-refractivity contribution is 5.88. The van der Waals surface area contributed by atoms with Crippen LogP contribution in [0.15, 0.2) is 42.3 Å². The zero-order valence-corrected chi connectivity index (χ0v) is 19.5. The maximum atomic E-state index is 12.4. The molecule has 0 aliphatic carbocycles. The van der Waals surface area contributed by atoms with E-state index in [9.17, 15) is 4.79 Å². The van der Waals surface area contributed by atoms with E-state index < -0.39 is 0 Å². The normalized spacial score (nSPS) is 18.4. The molecule has 5 rings (SSSR count). The van der Waals surface area contributed by atoms with Gasteiger partial charge in [0.15, 0.2) is 11.5 Å². The molecule has 2 aliphatic rings. The lowest BCUT2D eigenvalue weighted by atomic mass is 10.1. The minimum atomic E-state index is -0.00886. The quantitative estimate of drug-likeness (QED) is 0.408. The number of carbonyl (C=O) groups is 1. The molecule has 1 amide bonds. The number of anilines is 3. The maximum Gasteiger partial charge on any atom is 0.238 e. The highest BCUT2D eigenvalue weighted by Gasteiger charge is 2.20. The molecule has 2 aliphatic heterocycles. The van der Waals surface area contributed by atoms with Crippen molar-refractivity contribution in [2.24, 2.45) is 14.1 Å². The molecule has 1 fully saturated rings. The maximum absolute atomic E-state index is 12.4. The van der Waals surface area contributed by atoms with E-state index >= 15 is 0 Å². The lowest BCUT2D eigenvalue weighted by molar-refractivity contribution is -0.121. The van der Waals surface area contributed by atoms with Crippen molar-refractivity contribution in [1.82, 2.24) is 45.1 Å². The van der Waals surface area contributed by atoms with Crippen molar-refractivity contribution in [1.29, 1.82) is 0 Å². The van der Waals surface area contributed by atoms with Crippen LogP contribution >= 0.6 is 0 Å². The number of likely N-dealkylation sites (tertiary alicyclic amines) is 1. The van der Waals surface area contributed by atoms with Crippen molar-refractivity contribution in [3.63, 3.8) is 0 Å². The van der Waals surface area contributed by atoms with Gasteiger partial charge in [0.1, 0.15) is 0 Å². The van der Waals surface area contributed by atoms with Crippen molar-refractivity contribution < 1.29 is 4.79 Å². The second-order valence-electron chi connectivity index (χ2n) is 8.67. The topological polar surface area (TPSA) is 130 Å². The number of hydrogen-bond acceptors (Lipinski definition) is 9. The molecule has 3 aromatic heterocycles. The number of aromatic nitrogens is 6. The van der Waals surface area contributed by atoms with Crippen LogP contribution in [0.1, 0.15) is 19.8 Å². The van der Waals surface area contributed by atoms with Crippen LogP contribution in [0.2, 0.25) is 0 Å². The number of nitrogens with one attached hydrogen (secondary N) is 4. The molecule has 12 nitrogen and oxygen atoms in total. The monoisotopic (exact) mass is 463 g/mol. The first kappa shape index (κ1) is 21.9. The average molecular weight is 464 g/mol. The van der Waals surface area contributed by atoms with E-state index in [0.717, 1.165) is 42.7 Å². The highest BCUT2D eigenvalue weighted by Crippen LogP contribution is 2.25. The minimum Gasteiger partial charge on any atom is -0.381 e. The van der Waals surface area contributed by atoms with Gasteiger partial charge >= 0.3 is 0 Å². The molecule has 0 bridgehead atoms.